The van der Waals surface area contributed by atoms with Crippen LogP contribution in [0.4, 0.5) is 4.39 Å². The van der Waals surface area contributed by atoms with Crippen LogP contribution in [0.15, 0.2) is 53.4 Å². The molecule has 106 valence electrons. The average molecular weight is 326 g/mol. The molecule has 0 bridgehead atoms. The van der Waals surface area contributed by atoms with Crippen molar-refractivity contribution in [3.63, 3.8) is 0 Å². The molecule has 0 aliphatic carbocycles. The van der Waals surface area contributed by atoms with Crippen LogP contribution in [0.1, 0.15) is 11.1 Å². The van der Waals surface area contributed by atoms with Crippen molar-refractivity contribution in [2.24, 2.45) is 0 Å². The molecule has 0 N–H and O–H groups in total. The first-order valence-corrected chi connectivity index (χ1v) is 10.1. The molecule has 0 aromatic heterocycles. The van der Waals surface area contributed by atoms with Crippen molar-refractivity contribution in [1.82, 2.24) is 0 Å². The van der Waals surface area contributed by atoms with Gasteiger partial charge in [-0.1, -0.05) is 45.9 Å². The highest BCUT2D eigenvalue weighted by Gasteiger charge is 2.05. The minimum absolute atomic E-state index is 0.263. The topological polar surface area (TPSA) is 17.1 Å². The van der Waals surface area contributed by atoms with Gasteiger partial charge < -0.3 is 0 Å². The third-order valence-electron chi connectivity index (χ3n) is 2.65. The number of hydrogen-bond donors (Lipinski definition) is 0. The molecule has 2 rings (SSSR count). The molecule has 0 amide bonds. The number of hydrogen-bond acceptors (Lipinski definition) is 3. The van der Waals surface area contributed by atoms with Gasteiger partial charge in [0.05, 0.1) is 0 Å². The summed E-state index contributed by atoms with van der Waals surface area (Å²) in [7, 11) is 2.41. The Hall–Kier alpha value is -0.780. The van der Waals surface area contributed by atoms with Crippen LogP contribution in [0.25, 0.3) is 0 Å². The summed E-state index contributed by atoms with van der Waals surface area (Å²) in [6.07, 6.45) is 2.03. The van der Waals surface area contributed by atoms with E-state index < -0.39 is 10.8 Å². The van der Waals surface area contributed by atoms with Gasteiger partial charge in [-0.2, -0.15) is 0 Å². The van der Waals surface area contributed by atoms with Crippen molar-refractivity contribution >= 4 is 32.4 Å². The van der Waals surface area contributed by atoms with Crippen LogP contribution < -0.4 is 0 Å². The molecule has 0 aliphatic heterocycles. The van der Waals surface area contributed by atoms with E-state index in [1.807, 2.05) is 24.5 Å². The fraction of sp³-hybridized carbons (Fsp3) is 0.200. The quantitative estimate of drug-likeness (QED) is 0.720. The second-order valence-corrected chi connectivity index (χ2v) is 8.18. The predicted octanol–water partition coefficient (Wildman–Crippen LogP) is 4.64. The van der Waals surface area contributed by atoms with E-state index in [9.17, 15) is 8.60 Å². The fourth-order valence-corrected chi connectivity index (χ4v) is 4.42. The molecule has 0 aliphatic rings. The standard InChI is InChI=1S/C15H15FOS3/c1-18-19-15-4-2-3-13(9-15)11-20(17)10-12-5-7-14(16)8-6-12/h2-9H,10-11H2,1H3. The fourth-order valence-electron chi connectivity index (χ4n) is 1.79. The molecule has 1 unspecified atom stereocenters. The Kier molecular flexibility index (Phi) is 6.13. The van der Waals surface area contributed by atoms with Crippen molar-refractivity contribution in [3.05, 3.63) is 65.5 Å². The third-order valence-corrected chi connectivity index (χ3v) is 5.65. The van der Waals surface area contributed by atoms with Gasteiger partial charge in [0.1, 0.15) is 5.82 Å². The third kappa shape index (κ3) is 4.96. The van der Waals surface area contributed by atoms with E-state index in [4.69, 9.17) is 0 Å². The molecule has 0 radical (unpaired) electrons. The number of benzene rings is 2. The summed E-state index contributed by atoms with van der Waals surface area (Å²) in [5.41, 5.74) is 1.98. The number of rotatable bonds is 6. The smallest absolute Gasteiger partial charge is 0.123 e. The van der Waals surface area contributed by atoms with Crippen molar-refractivity contribution in [2.75, 3.05) is 6.26 Å². The molecule has 5 heteroatoms. The molecule has 0 saturated carbocycles. The Morgan fingerprint density at radius 1 is 1.05 bits per heavy atom. The lowest BCUT2D eigenvalue weighted by Gasteiger charge is -2.05. The molecular weight excluding hydrogens is 311 g/mol. The lowest BCUT2D eigenvalue weighted by atomic mass is 10.2. The Bertz CT molecular complexity index is 584. The molecule has 1 nitrogen and oxygen atoms in total. The van der Waals surface area contributed by atoms with E-state index in [-0.39, 0.29) is 5.82 Å². The largest absolute Gasteiger partial charge is 0.259 e. The summed E-state index contributed by atoms with van der Waals surface area (Å²) in [4.78, 5) is 1.17. The summed E-state index contributed by atoms with van der Waals surface area (Å²) in [5, 5.41) is 0. The van der Waals surface area contributed by atoms with Crippen LogP contribution in [0.5, 0.6) is 0 Å². The predicted molar refractivity (Wildman–Crippen MR) is 87.8 cm³/mol. The van der Waals surface area contributed by atoms with Crippen LogP contribution >= 0.6 is 21.6 Å². The molecule has 20 heavy (non-hydrogen) atoms. The monoisotopic (exact) mass is 326 g/mol. The molecule has 0 fully saturated rings. The molecule has 2 aromatic carbocycles. The Balaban J connectivity index is 1.97. The Labute approximate surface area is 129 Å². The van der Waals surface area contributed by atoms with E-state index in [2.05, 4.69) is 6.07 Å². The summed E-state index contributed by atoms with van der Waals surface area (Å²) in [6, 6.07) is 14.3. The van der Waals surface area contributed by atoms with Crippen LogP contribution in [-0.4, -0.2) is 10.5 Å². The maximum Gasteiger partial charge on any atom is 0.123 e. The minimum Gasteiger partial charge on any atom is -0.259 e. The molecule has 0 spiro atoms. The zero-order chi connectivity index (χ0) is 14.4. The van der Waals surface area contributed by atoms with Crippen molar-refractivity contribution in [3.8, 4) is 0 Å². The van der Waals surface area contributed by atoms with Crippen molar-refractivity contribution in [2.45, 2.75) is 16.4 Å². The highest BCUT2D eigenvalue weighted by Crippen LogP contribution is 2.29. The van der Waals surface area contributed by atoms with Gasteiger partial charge >= 0.3 is 0 Å². The van der Waals surface area contributed by atoms with Gasteiger partial charge in [0.15, 0.2) is 0 Å². The molecule has 0 heterocycles. The van der Waals surface area contributed by atoms with Gasteiger partial charge in [0.25, 0.3) is 0 Å². The van der Waals surface area contributed by atoms with Crippen molar-refractivity contribution < 1.29 is 8.60 Å². The van der Waals surface area contributed by atoms with E-state index >= 15 is 0 Å². The molecule has 0 saturated heterocycles. The summed E-state index contributed by atoms with van der Waals surface area (Å²) >= 11 is 0. The van der Waals surface area contributed by atoms with Gasteiger partial charge in [-0.3, -0.25) is 4.21 Å². The Morgan fingerprint density at radius 3 is 2.45 bits per heavy atom. The van der Waals surface area contributed by atoms with E-state index in [1.54, 1.807) is 33.7 Å². The summed E-state index contributed by atoms with van der Waals surface area (Å²) in [6.45, 7) is 0. The zero-order valence-electron chi connectivity index (χ0n) is 11.0. The normalized spacial score (nSPS) is 12.3. The highest BCUT2D eigenvalue weighted by atomic mass is 33.1. The van der Waals surface area contributed by atoms with Gasteiger partial charge in [0.2, 0.25) is 0 Å². The van der Waals surface area contributed by atoms with Crippen LogP contribution in [-0.2, 0) is 22.3 Å². The Morgan fingerprint density at radius 2 is 1.75 bits per heavy atom. The van der Waals surface area contributed by atoms with E-state index in [1.165, 1.54) is 17.0 Å². The maximum atomic E-state index is 12.8. The van der Waals surface area contributed by atoms with Gasteiger partial charge in [0, 0.05) is 27.2 Å². The van der Waals surface area contributed by atoms with Crippen LogP contribution in [0, 0.1) is 5.82 Å². The molecular formula is C15H15FOS3. The molecule has 1 atom stereocenters. The van der Waals surface area contributed by atoms with Gasteiger partial charge in [-0.15, -0.1) is 0 Å². The first-order valence-electron chi connectivity index (χ1n) is 6.06. The first kappa shape index (κ1) is 15.6. The minimum atomic E-state index is -0.979. The van der Waals surface area contributed by atoms with Crippen molar-refractivity contribution in [1.29, 1.82) is 0 Å². The zero-order valence-corrected chi connectivity index (χ0v) is 13.5. The van der Waals surface area contributed by atoms with Gasteiger partial charge in [-0.05, 0) is 41.6 Å². The second-order valence-electron chi connectivity index (χ2n) is 4.25. The SMILES string of the molecule is CSSc1cccc(CS(=O)Cc2ccc(F)cc2)c1. The lowest BCUT2D eigenvalue weighted by Crippen LogP contribution is -1.99. The second kappa shape index (κ2) is 7.86. The maximum absolute atomic E-state index is 12.8. The van der Waals surface area contributed by atoms with E-state index in [0.29, 0.717) is 11.5 Å². The van der Waals surface area contributed by atoms with Gasteiger partial charge in [-0.25, -0.2) is 4.39 Å². The first-order chi connectivity index (χ1) is 9.67. The summed E-state index contributed by atoms with van der Waals surface area (Å²) in [5.74, 6) is 0.724. The molecule has 2 aromatic rings. The van der Waals surface area contributed by atoms with E-state index in [0.717, 1.165) is 11.1 Å². The van der Waals surface area contributed by atoms with Crippen LogP contribution in [0.2, 0.25) is 0 Å². The average Bonchev–Trinajstić information content (AvgIpc) is 2.42. The highest BCUT2D eigenvalue weighted by molar-refractivity contribution is 8.76. The lowest BCUT2D eigenvalue weighted by molar-refractivity contribution is 0.627. The number of halogens is 1. The van der Waals surface area contributed by atoms with Crippen LogP contribution in [0.3, 0.4) is 0 Å². The summed E-state index contributed by atoms with van der Waals surface area (Å²) < 4.78 is 24.9.